The normalized spacial score (nSPS) is 12.5. The Balaban J connectivity index is 2.41. The summed E-state index contributed by atoms with van der Waals surface area (Å²) in [5.74, 6) is -1.79. The zero-order chi connectivity index (χ0) is 17.9. The predicted molar refractivity (Wildman–Crippen MR) is 83.7 cm³/mol. The van der Waals surface area contributed by atoms with Crippen molar-refractivity contribution in [3.63, 3.8) is 0 Å². The van der Waals surface area contributed by atoms with Crippen molar-refractivity contribution < 1.29 is 29.0 Å². The molecule has 0 saturated heterocycles. The largest absolute Gasteiger partial charge is 0.480 e. The minimum atomic E-state index is -1.28. The van der Waals surface area contributed by atoms with E-state index < -0.39 is 30.1 Å². The lowest BCUT2D eigenvalue weighted by atomic mass is 10.1. The Morgan fingerprint density at radius 2 is 1.88 bits per heavy atom. The van der Waals surface area contributed by atoms with Crippen molar-refractivity contribution in [3.8, 4) is 0 Å². The van der Waals surface area contributed by atoms with Crippen molar-refractivity contribution in [2.45, 2.75) is 38.5 Å². The predicted octanol–water partition coefficient (Wildman–Crippen LogP) is 0.761. The van der Waals surface area contributed by atoms with Crippen LogP contribution < -0.4 is 10.6 Å². The number of carbonyl (C=O) groups is 3. The first kappa shape index (κ1) is 19.1. The van der Waals surface area contributed by atoms with Crippen LogP contribution in [0.4, 0.5) is 4.79 Å². The average Bonchev–Trinajstić information content (AvgIpc) is 2.57. The first-order valence-corrected chi connectivity index (χ1v) is 7.29. The van der Waals surface area contributed by atoms with Crippen molar-refractivity contribution >= 4 is 24.3 Å². The summed E-state index contributed by atoms with van der Waals surface area (Å²) in [6.45, 7) is 1.45. The topological polar surface area (TPSA) is 122 Å². The van der Waals surface area contributed by atoms with E-state index in [0.29, 0.717) is 0 Å². The molecule has 24 heavy (non-hydrogen) atoms. The van der Waals surface area contributed by atoms with Crippen LogP contribution in [0.15, 0.2) is 30.3 Å². The van der Waals surface area contributed by atoms with Crippen LogP contribution >= 0.6 is 0 Å². The fourth-order valence-electron chi connectivity index (χ4n) is 1.78. The number of aliphatic carboxylic acids is 1. The lowest BCUT2D eigenvalue weighted by molar-refractivity contribution is -0.139. The highest BCUT2D eigenvalue weighted by Gasteiger charge is 2.22. The molecule has 0 fully saturated rings. The highest BCUT2D eigenvalue weighted by Crippen LogP contribution is 2.03. The van der Waals surface area contributed by atoms with E-state index in [-0.39, 0.29) is 19.4 Å². The van der Waals surface area contributed by atoms with Gasteiger partial charge in [0.25, 0.3) is 0 Å². The number of carboxylic acid groups (broad SMARTS) is 1. The van der Waals surface area contributed by atoms with Crippen molar-refractivity contribution in [3.05, 3.63) is 35.9 Å². The van der Waals surface area contributed by atoms with Crippen LogP contribution in [0.5, 0.6) is 0 Å². The second kappa shape index (κ2) is 9.98. The summed E-state index contributed by atoms with van der Waals surface area (Å²) in [5.41, 5.74) is 0.762. The Bertz CT molecular complexity index is 575. The van der Waals surface area contributed by atoms with Crippen molar-refractivity contribution in [2.75, 3.05) is 0 Å². The van der Waals surface area contributed by atoms with Crippen molar-refractivity contribution in [1.29, 1.82) is 0 Å². The van der Waals surface area contributed by atoms with Crippen LogP contribution in [0, 0.1) is 0 Å². The van der Waals surface area contributed by atoms with Gasteiger partial charge in [-0.15, -0.1) is 0 Å². The highest BCUT2D eigenvalue weighted by atomic mass is 16.5. The molecule has 0 aliphatic rings. The molecule has 0 heterocycles. The molecule has 0 saturated carbocycles. The Hall–Kier alpha value is -2.90. The van der Waals surface area contributed by atoms with Gasteiger partial charge in [0.15, 0.2) is 0 Å². The van der Waals surface area contributed by atoms with Crippen molar-refractivity contribution in [2.24, 2.45) is 0 Å². The number of amides is 2. The maximum absolute atomic E-state index is 11.7. The number of benzene rings is 1. The van der Waals surface area contributed by atoms with E-state index >= 15 is 0 Å². The van der Waals surface area contributed by atoms with Crippen LogP contribution in [0.3, 0.4) is 0 Å². The van der Waals surface area contributed by atoms with Gasteiger partial charge in [-0.1, -0.05) is 30.3 Å². The molecule has 8 nitrogen and oxygen atoms in total. The second-order valence-electron chi connectivity index (χ2n) is 5.04. The molecule has 0 spiro atoms. The minimum absolute atomic E-state index is 0.00613. The Kier molecular flexibility index (Phi) is 7.97. The third-order valence-electron chi connectivity index (χ3n) is 3.02. The van der Waals surface area contributed by atoms with E-state index in [9.17, 15) is 19.2 Å². The van der Waals surface area contributed by atoms with Crippen molar-refractivity contribution in [1.82, 2.24) is 10.6 Å². The van der Waals surface area contributed by atoms with Gasteiger partial charge in [-0.25, -0.2) is 9.59 Å². The quantitative estimate of drug-likeness (QED) is 0.612. The van der Waals surface area contributed by atoms with Gasteiger partial charge in [-0.05, 0) is 18.9 Å². The summed E-state index contributed by atoms with van der Waals surface area (Å²) in [6, 6.07) is 6.87. The summed E-state index contributed by atoms with van der Waals surface area (Å²) < 4.78 is 4.93. The summed E-state index contributed by atoms with van der Waals surface area (Å²) in [6.07, 6.45) is 0.399. The van der Waals surface area contributed by atoms with Crippen LogP contribution in [0.1, 0.15) is 25.3 Å². The lowest BCUT2D eigenvalue weighted by Crippen LogP contribution is -2.42. The molecule has 129 valence electrons. The maximum Gasteiger partial charge on any atom is 0.408 e. The van der Waals surface area contributed by atoms with E-state index in [4.69, 9.17) is 9.84 Å². The first-order valence-electron chi connectivity index (χ1n) is 7.29. The third-order valence-corrected chi connectivity index (χ3v) is 3.02. The maximum atomic E-state index is 11.7. The number of hydrogen-bond acceptors (Lipinski definition) is 5. The second-order valence-corrected chi connectivity index (χ2v) is 5.04. The zero-order valence-corrected chi connectivity index (χ0v) is 13.2. The highest BCUT2D eigenvalue weighted by molar-refractivity contribution is 5.82. The minimum Gasteiger partial charge on any atom is -0.480 e. The van der Waals surface area contributed by atoms with Gasteiger partial charge in [-0.2, -0.15) is 0 Å². The smallest absolute Gasteiger partial charge is 0.408 e. The first-order chi connectivity index (χ1) is 11.4. The molecule has 0 unspecified atom stereocenters. The number of hydrogen-bond donors (Lipinski definition) is 3. The van der Waals surface area contributed by atoms with Gasteiger partial charge in [0.2, 0.25) is 12.2 Å². The van der Waals surface area contributed by atoms with E-state index in [2.05, 4.69) is 10.6 Å². The molecule has 1 aromatic rings. The number of alkyl carbamates (subject to hydrolysis) is 1. The van der Waals surface area contributed by atoms with Crippen LogP contribution in [-0.4, -0.2) is 41.4 Å². The standard InChI is InChI=1S/C16H19N2O6/c1-11(9-19)17-14(20)8-7-13(15(21)22)18-16(23)24-10-12-5-3-2-4-6-12/h2-6,11,13H,7-8,10H2,1H3,(H,17,20)(H,18,23)(H,21,22)/t11-,13-/m1/s1. The summed E-state index contributed by atoms with van der Waals surface area (Å²) >= 11 is 0. The van der Waals surface area contributed by atoms with E-state index in [1.165, 1.54) is 6.92 Å². The average molecular weight is 335 g/mol. The van der Waals surface area contributed by atoms with Gasteiger partial charge in [0, 0.05) is 6.42 Å². The SMILES string of the molecule is C[C@H]([C]=O)NC(=O)CC[C@@H](NC(=O)OCc1ccccc1)C(=O)O. The van der Waals surface area contributed by atoms with Gasteiger partial charge in [0.05, 0.1) is 6.04 Å². The van der Waals surface area contributed by atoms with E-state index in [1.807, 2.05) is 6.07 Å². The molecular weight excluding hydrogens is 316 g/mol. The molecule has 2 amide bonds. The number of ether oxygens (including phenoxy) is 1. The van der Waals surface area contributed by atoms with Gasteiger partial charge >= 0.3 is 12.1 Å². The molecule has 0 aromatic heterocycles. The number of rotatable bonds is 9. The molecule has 1 rings (SSSR count). The molecule has 1 radical (unpaired) electrons. The van der Waals surface area contributed by atoms with Crippen LogP contribution in [-0.2, 0) is 25.7 Å². The number of carboxylic acids is 1. The molecule has 0 bridgehead atoms. The zero-order valence-electron chi connectivity index (χ0n) is 13.2. The Morgan fingerprint density at radius 1 is 1.21 bits per heavy atom. The number of nitrogens with one attached hydrogen (secondary N) is 2. The monoisotopic (exact) mass is 335 g/mol. The summed E-state index contributed by atoms with van der Waals surface area (Å²) in [7, 11) is 0. The molecule has 8 heteroatoms. The van der Waals surface area contributed by atoms with Crippen LogP contribution in [0.25, 0.3) is 0 Å². The fraction of sp³-hybridized carbons (Fsp3) is 0.375. The molecule has 2 atom stereocenters. The Morgan fingerprint density at radius 3 is 2.46 bits per heavy atom. The Labute approximate surface area is 139 Å². The summed E-state index contributed by atoms with van der Waals surface area (Å²) in [5, 5.41) is 13.6. The number of carbonyl (C=O) groups excluding carboxylic acids is 3. The molecular formula is C16H19N2O6. The fourth-order valence-corrected chi connectivity index (χ4v) is 1.78. The van der Waals surface area contributed by atoms with E-state index in [0.717, 1.165) is 5.56 Å². The summed E-state index contributed by atoms with van der Waals surface area (Å²) in [4.78, 5) is 44.6. The molecule has 3 N–H and O–H groups in total. The lowest BCUT2D eigenvalue weighted by Gasteiger charge is -2.15. The van der Waals surface area contributed by atoms with Gasteiger partial charge in [0.1, 0.15) is 12.6 Å². The van der Waals surface area contributed by atoms with Crippen LogP contribution in [0.2, 0.25) is 0 Å². The molecule has 0 aliphatic heterocycles. The molecule has 1 aromatic carbocycles. The van der Waals surface area contributed by atoms with Gasteiger partial charge in [-0.3, -0.25) is 9.59 Å². The van der Waals surface area contributed by atoms with E-state index in [1.54, 1.807) is 30.6 Å². The van der Waals surface area contributed by atoms with Gasteiger partial charge < -0.3 is 20.5 Å². The third kappa shape index (κ3) is 7.39. The molecule has 0 aliphatic carbocycles.